The number of ether oxygens (including phenoxy) is 1. The van der Waals surface area contributed by atoms with Crippen LogP contribution >= 0.6 is 0 Å². The van der Waals surface area contributed by atoms with Gasteiger partial charge in [-0.2, -0.15) is 4.98 Å². The number of benzene rings is 1. The maximum Gasteiger partial charge on any atom is 0.326 e. The van der Waals surface area contributed by atoms with Gasteiger partial charge in [0, 0.05) is 0 Å². The Bertz CT molecular complexity index is 669. The number of carboxylic acid groups (broad SMARTS) is 1. The van der Waals surface area contributed by atoms with Gasteiger partial charge in [0.25, 0.3) is 0 Å². The van der Waals surface area contributed by atoms with Crippen LogP contribution in [0.5, 0.6) is 11.6 Å². The lowest BCUT2D eigenvalue weighted by Gasteiger charge is -2.21. The smallest absolute Gasteiger partial charge is 0.326 e. The molecule has 2 rings (SSSR count). The van der Waals surface area contributed by atoms with Gasteiger partial charge in [0.05, 0.1) is 12.4 Å². The maximum atomic E-state index is 11.5. The molecule has 0 aliphatic rings. The highest BCUT2D eigenvalue weighted by molar-refractivity contribution is 5.76. The second-order valence-electron chi connectivity index (χ2n) is 6.79. The summed E-state index contributed by atoms with van der Waals surface area (Å²) in [6.07, 6.45) is 4.27. The summed E-state index contributed by atoms with van der Waals surface area (Å²) in [6, 6.07) is 8.51. The van der Waals surface area contributed by atoms with Crippen LogP contribution in [-0.4, -0.2) is 27.1 Å². The summed E-state index contributed by atoms with van der Waals surface area (Å²) in [4.78, 5) is 19.8. The van der Waals surface area contributed by atoms with E-state index in [2.05, 4.69) is 36.1 Å². The van der Waals surface area contributed by atoms with Gasteiger partial charge >= 0.3 is 5.97 Å². The number of para-hydroxylation sites is 1. The van der Waals surface area contributed by atoms with E-state index in [1.165, 1.54) is 12.4 Å². The van der Waals surface area contributed by atoms with Gasteiger partial charge in [0.15, 0.2) is 0 Å². The molecule has 0 amide bonds. The van der Waals surface area contributed by atoms with E-state index in [4.69, 9.17) is 4.74 Å². The predicted octanol–water partition coefficient (Wildman–Crippen LogP) is 3.96. The molecule has 1 aromatic heterocycles. The van der Waals surface area contributed by atoms with E-state index in [1.807, 2.05) is 30.3 Å². The average molecular weight is 329 g/mol. The van der Waals surface area contributed by atoms with Crippen molar-refractivity contribution in [3.63, 3.8) is 0 Å². The summed E-state index contributed by atoms with van der Waals surface area (Å²) in [5.41, 5.74) is 0.0688. The zero-order chi connectivity index (χ0) is 17.6. The Morgan fingerprint density at radius 2 is 1.96 bits per heavy atom. The Kier molecular flexibility index (Phi) is 5.73. The summed E-state index contributed by atoms with van der Waals surface area (Å²) in [6.45, 7) is 6.25. The van der Waals surface area contributed by atoms with E-state index in [1.54, 1.807) is 0 Å². The van der Waals surface area contributed by atoms with Gasteiger partial charge in [-0.25, -0.2) is 4.79 Å². The number of nitrogens with zero attached hydrogens (tertiary/aromatic N) is 2. The fourth-order valence-electron chi connectivity index (χ4n) is 2.09. The lowest BCUT2D eigenvalue weighted by molar-refractivity contribution is -0.138. The maximum absolute atomic E-state index is 11.5. The topological polar surface area (TPSA) is 84.3 Å². The largest absolute Gasteiger partial charge is 0.480 e. The van der Waals surface area contributed by atoms with Crippen LogP contribution in [0.2, 0.25) is 0 Å². The van der Waals surface area contributed by atoms with E-state index in [0.717, 1.165) is 6.42 Å². The number of anilines is 1. The molecule has 0 radical (unpaired) electrons. The van der Waals surface area contributed by atoms with Crippen molar-refractivity contribution in [1.82, 2.24) is 9.97 Å². The molecule has 1 atom stereocenters. The first-order valence-corrected chi connectivity index (χ1v) is 7.88. The molecule has 0 fully saturated rings. The van der Waals surface area contributed by atoms with Crippen LogP contribution < -0.4 is 10.1 Å². The van der Waals surface area contributed by atoms with Gasteiger partial charge < -0.3 is 15.2 Å². The average Bonchev–Trinajstić information content (AvgIpc) is 2.51. The predicted molar refractivity (Wildman–Crippen MR) is 92.3 cm³/mol. The molecule has 6 nitrogen and oxygen atoms in total. The third kappa shape index (κ3) is 5.87. The SMILES string of the molecule is CC(C)(C)CC[C@H](Nc1cncc(Oc2ccccc2)n1)C(=O)O. The van der Waals surface area contributed by atoms with Crippen LogP contribution in [0.25, 0.3) is 0 Å². The highest BCUT2D eigenvalue weighted by Gasteiger charge is 2.21. The van der Waals surface area contributed by atoms with E-state index in [-0.39, 0.29) is 5.41 Å². The molecule has 2 N–H and O–H groups in total. The molecule has 6 heteroatoms. The van der Waals surface area contributed by atoms with Crippen molar-refractivity contribution < 1.29 is 14.6 Å². The zero-order valence-corrected chi connectivity index (χ0v) is 14.2. The summed E-state index contributed by atoms with van der Waals surface area (Å²) < 4.78 is 5.61. The molecule has 0 saturated heterocycles. The minimum Gasteiger partial charge on any atom is -0.480 e. The van der Waals surface area contributed by atoms with E-state index >= 15 is 0 Å². The van der Waals surface area contributed by atoms with E-state index in [0.29, 0.717) is 23.9 Å². The van der Waals surface area contributed by atoms with Gasteiger partial charge in [-0.3, -0.25) is 4.98 Å². The van der Waals surface area contributed by atoms with Crippen LogP contribution in [0.4, 0.5) is 5.82 Å². The Hall–Kier alpha value is -2.63. The number of nitrogens with one attached hydrogen (secondary N) is 1. The first kappa shape index (κ1) is 17.7. The van der Waals surface area contributed by atoms with Crippen molar-refractivity contribution in [2.45, 2.75) is 39.7 Å². The summed E-state index contributed by atoms with van der Waals surface area (Å²) in [5.74, 6) is 0.429. The normalized spacial score (nSPS) is 12.5. The van der Waals surface area contributed by atoms with Crippen molar-refractivity contribution >= 4 is 11.8 Å². The molecule has 2 aromatic rings. The van der Waals surface area contributed by atoms with Gasteiger partial charge in [-0.15, -0.1) is 0 Å². The Labute approximate surface area is 141 Å². The number of aromatic nitrogens is 2. The molecule has 0 aliphatic carbocycles. The highest BCUT2D eigenvalue weighted by Crippen LogP contribution is 2.23. The summed E-state index contributed by atoms with van der Waals surface area (Å²) >= 11 is 0. The van der Waals surface area contributed by atoms with Crippen LogP contribution in [0.1, 0.15) is 33.6 Å². The fraction of sp³-hybridized carbons (Fsp3) is 0.389. The van der Waals surface area contributed by atoms with Crippen LogP contribution in [0.3, 0.4) is 0 Å². The second kappa shape index (κ2) is 7.77. The van der Waals surface area contributed by atoms with Crippen molar-refractivity contribution in [2.75, 3.05) is 5.32 Å². The van der Waals surface area contributed by atoms with E-state index < -0.39 is 12.0 Å². The fourth-order valence-corrected chi connectivity index (χ4v) is 2.09. The van der Waals surface area contributed by atoms with Crippen LogP contribution in [-0.2, 0) is 4.79 Å². The van der Waals surface area contributed by atoms with E-state index in [9.17, 15) is 9.90 Å². The number of hydrogen-bond donors (Lipinski definition) is 2. The van der Waals surface area contributed by atoms with Crippen molar-refractivity contribution in [3.8, 4) is 11.6 Å². The number of hydrogen-bond acceptors (Lipinski definition) is 5. The molecule has 24 heavy (non-hydrogen) atoms. The quantitative estimate of drug-likeness (QED) is 0.800. The van der Waals surface area contributed by atoms with Crippen molar-refractivity contribution in [1.29, 1.82) is 0 Å². The Morgan fingerprint density at radius 3 is 2.58 bits per heavy atom. The summed E-state index contributed by atoms with van der Waals surface area (Å²) in [7, 11) is 0. The number of rotatable bonds is 7. The van der Waals surface area contributed by atoms with Crippen LogP contribution in [0, 0.1) is 5.41 Å². The molecule has 0 spiro atoms. The molecule has 0 bridgehead atoms. The first-order chi connectivity index (χ1) is 11.3. The third-order valence-electron chi connectivity index (χ3n) is 3.38. The highest BCUT2D eigenvalue weighted by atomic mass is 16.5. The van der Waals surface area contributed by atoms with Gasteiger partial charge in [0.1, 0.15) is 17.6 Å². The van der Waals surface area contributed by atoms with Crippen molar-refractivity contribution in [2.24, 2.45) is 5.41 Å². The molecule has 0 saturated carbocycles. The zero-order valence-electron chi connectivity index (χ0n) is 14.2. The second-order valence-corrected chi connectivity index (χ2v) is 6.79. The molecule has 1 heterocycles. The van der Waals surface area contributed by atoms with Crippen molar-refractivity contribution in [3.05, 3.63) is 42.7 Å². The minimum absolute atomic E-state index is 0.0688. The van der Waals surface area contributed by atoms with Crippen LogP contribution in [0.15, 0.2) is 42.7 Å². The number of carboxylic acids is 1. The number of aliphatic carboxylic acids is 1. The lowest BCUT2D eigenvalue weighted by atomic mass is 9.88. The standard InChI is InChI=1S/C18H23N3O3/c1-18(2,3)10-9-14(17(22)23)20-15-11-19-12-16(21-15)24-13-7-5-4-6-8-13/h4-8,11-12,14H,9-10H2,1-3H3,(H,20,21)(H,22,23)/t14-/m0/s1. The molecule has 0 unspecified atom stereocenters. The lowest BCUT2D eigenvalue weighted by Crippen LogP contribution is -2.31. The molecule has 128 valence electrons. The van der Waals surface area contributed by atoms with Gasteiger partial charge in [-0.1, -0.05) is 39.0 Å². The molecular formula is C18H23N3O3. The molecular weight excluding hydrogens is 306 g/mol. The molecule has 0 aliphatic heterocycles. The Morgan fingerprint density at radius 1 is 1.25 bits per heavy atom. The number of carbonyl (C=O) groups is 1. The van der Waals surface area contributed by atoms with Gasteiger partial charge in [-0.05, 0) is 30.4 Å². The third-order valence-corrected chi connectivity index (χ3v) is 3.38. The van der Waals surface area contributed by atoms with Gasteiger partial charge in [0.2, 0.25) is 5.88 Å². The first-order valence-electron chi connectivity index (χ1n) is 7.88. The molecule has 1 aromatic carbocycles. The minimum atomic E-state index is -0.907. The monoisotopic (exact) mass is 329 g/mol. The Balaban J connectivity index is 2.05. The summed E-state index contributed by atoms with van der Waals surface area (Å²) in [5, 5.41) is 12.3.